The first-order chi connectivity index (χ1) is 18.3. The zero-order valence-corrected chi connectivity index (χ0v) is 23.9. The molecule has 4 aromatic carbocycles. The Hall–Kier alpha value is -2.38. The summed E-state index contributed by atoms with van der Waals surface area (Å²) < 4.78 is 2.89. The summed E-state index contributed by atoms with van der Waals surface area (Å²) in [4.78, 5) is 0. The topological polar surface area (TPSA) is 0 Å². The maximum atomic E-state index is 2.44. The molecule has 0 fully saturated rings. The van der Waals surface area contributed by atoms with E-state index in [2.05, 4.69) is 74.5 Å². The fourth-order valence-corrected chi connectivity index (χ4v) is 7.35. The second-order valence-corrected chi connectivity index (χ2v) is 12.2. The van der Waals surface area contributed by atoms with Crippen LogP contribution >= 0.6 is 11.3 Å². The average Bonchev–Trinajstić information content (AvgIpc) is 3.32. The molecular formula is C36H44S. The SMILES string of the molecule is CCCCCCCCc1ccc2c(ccc3c4ccc5cc(CCCCCCCC)ccc5c4sc23)c1. The number of hydrogen-bond donors (Lipinski definition) is 0. The first kappa shape index (κ1) is 26.2. The number of benzene rings is 4. The zero-order valence-electron chi connectivity index (χ0n) is 23.1. The van der Waals surface area contributed by atoms with Crippen molar-refractivity contribution in [2.24, 2.45) is 0 Å². The molecule has 0 aliphatic rings. The Morgan fingerprint density at radius 2 is 0.838 bits per heavy atom. The molecule has 5 aromatic rings. The lowest BCUT2D eigenvalue weighted by atomic mass is 9.98. The Bertz CT molecular complexity index is 1340. The van der Waals surface area contributed by atoms with Crippen molar-refractivity contribution in [3.63, 3.8) is 0 Å². The number of thiophene rings is 1. The van der Waals surface area contributed by atoms with Crippen molar-refractivity contribution < 1.29 is 0 Å². The van der Waals surface area contributed by atoms with E-state index in [0.717, 1.165) is 0 Å². The summed E-state index contributed by atoms with van der Waals surface area (Å²) in [6.07, 6.45) is 18.8. The van der Waals surface area contributed by atoms with Crippen LogP contribution in [0.1, 0.15) is 102 Å². The Balaban J connectivity index is 1.34. The van der Waals surface area contributed by atoms with Gasteiger partial charge in [0.1, 0.15) is 0 Å². The van der Waals surface area contributed by atoms with E-state index >= 15 is 0 Å². The molecule has 1 heteroatoms. The molecule has 0 saturated heterocycles. The molecule has 0 unspecified atom stereocenters. The average molecular weight is 509 g/mol. The second kappa shape index (κ2) is 12.9. The molecular weight excluding hydrogens is 464 g/mol. The van der Waals surface area contributed by atoms with Crippen LogP contribution in [-0.2, 0) is 12.8 Å². The quantitative estimate of drug-likeness (QED) is 0.131. The summed E-state index contributed by atoms with van der Waals surface area (Å²) >= 11 is 1.99. The monoisotopic (exact) mass is 508 g/mol. The molecule has 0 amide bonds. The van der Waals surface area contributed by atoms with Crippen LogP contribution in [0.4, 0.5) is 0 Å². The van der Waals surface area contributed by atoms with Crippen molar-refractivity contribution >= 4 is 53.1 Å². The molecule has 37 heavy (non-hydrogen) atoms. The highest BCUT2D eigenvalue weighted by molar-refractivity contribution is 7.27. The van der Waals surface area contributed by atoms with Gasteiger partial charge in [0.25, 0.3) is 0 Å². The molecule has 0 saturated carbocycles. The van der Waals surface area contributed by atoms with Gasteiger partial charge in [-0.1, -0.05) is 139 Å². The maximum Gasteiger partial charge on any atom is 0.0434 e. The lowest BCUT2D eigenvalue weighted by Crippen LogP contribution is -1.87. The summed E-state index contributed by atoms with van der Waals surface area (Å²) in [6, 6.07) is 23.9. The molecule has 0 bridgehead atoms. The van der Waals surface area contributed by atoms with Crippen LogP contribution in [0, 0.1) is 0 Å². The van der Waals surface area contributed by atoms with Crippen LogP contribution in [0.25, 0.3) is 41.7 Å². The van der Waals surface area contributed by atoms with E-state index in [-0.39, 0.29) is 0 Å². The van der Waals surface area contributed by atoms with Crippen molar-refractivity contribution in [3.8, 4) is 0 Å². The Morgan fingerprint density at radius 3 is 1.30 bits per heavy atom. The Morgan fingerprint density at radius 1 is 0.432 bits per heavy atom. The van der Waals surface area contributed by atoms with Gasteiger partial charge >= 0.3 is 0 Å². The zero-order chi connectivity index (χ0) is 25.5. The van der Waals surface area contributed by atoms with Crippen LogP contribution in [-0.4, -0.2) is 0 Å². The molecule has 1 heterocycles. The molecule has 0 spiro atoms. The standard InChI is InChI=1S/C36H44S/c1-3-5-7-9-11-13-15-27-17-21-31-29(25-27)19-23-33-34-24-20-30-26-28(16-14-12-10-8-6-4-2)18-22-32(30)36(34)37-35(31)33/h17-26H,3-16H2,1-2H3. The van der Waals surface area contributed by atoms with Crippen LogP contribution in [0.15, 0.2) is 60.7 Å². The molecule has 5 rings (SSSR count). The highest BCUT2D eigenvalue weighted by Crippen LogP contribution is 2.42. The number of fused-ring (bicyclic) bond motifs is 7. The third kappa shape index (κ3) is 6.20. The molecule has 0 radical (unpaired) electrons. The van der Waals surface area contributed by atoms with Gasteiger partial charge in [0, 0.05) is 20.2 Å². The smallest absolute Gasteiger partial charge is 0.0434 e. The minimum absolute atomic E-state index is 1.21. The van der Waals surface area contributed by atoms with Crippen molar-refractivity contribution in [1.82, 2.24) is 0 Å². The number of hydrogen-bond acceptors (Lipinski definition) is 1. The van der Waals surface area contributed by atoms with E-state index in [9.17, 15) is 0 Å². The molecule has 194 valence electrons. The fourth-order valence-electron chi connectivity index (χ4n) is 5.98. The van der Waals surface area contributed by atoms with E-state index in [4.69, 9.17) is 0 Å². The third-order valence-corrected chi connectivity index (χ3v) is 9.49. The molecule has 1 aromatic heterocycles. The maximum absolute atomic E-state index is 2.44. The third-order valence-electron chi connectivity index (χ3n) is 8.20. The van der Waals surface area contributed by atoms with Crippen molar-refractivity contribution in [2.75, 3.05) is 0 Å². The van der Waals surface area contributed by atoms with Crippen LogP contribution < -0.4 is 0 Å². The van der Waals surface area contributed by atoms with E-state index in [1.165, 1.54) is 143 Å². The predicted molar refractivity (Wildman–Crippen MR) is 169 cm³/mol. The van der Waals surface area contributed by atoms with Gasteiger partial charge in [-0.3, -0.25) is 0 Å². The minimum Gasteiger partial charge on any atom is -0.134 e. The highest BCUT2D eigenvalue weighted by atomic mass is 32.1. The Kier molecular flexibility index (Phi) is 9.16. The van der Waals surface area contributed by atoms with Gasteiger partial charge in [-0.05, 0) is 58.4 Å². The highest BCUT2D eigenvalue weighted by Gasteiger charge is 2.12. The normalized spacial score (nSPS) is 11.9. The lowest BCUT2D eigenvalue weighted by Gasteiger charge is -2.06. The van der Waals surface area contributed by atoms with Crippen molar-refractivity contribution in [1.29, 1.82) is 0 Å². The van der Waals surface area contributed by atoms with Gasteiger partial charge < -0.3 is 0 Å². The predicted octanol–water partition coefficient (Wildman–Crippen LogP) is 12.2. The van der Waals surface area contributed by atoms with Crippen LogP contribution in [0.5, 0.6) is 0 Å². The van der Waals surface area contributed by atoms with Gasteiger partial charge in [-0.25, -0.2) is 0 Å². The Labute approximate surface area is 228 Å². The summed E-state index contributed by atoms with van der Waals surface area (Å²) in [5.74, 6) is 0. The van der Waals surface area contributed by atoms with Gasteiger partial charge in [-0.15, -0.1) is 11.3 Å². The summed E-state index contributed by atoms with van der Waals surface area (Å²) in [7, 11) is 0. The van der Waals surface area contributed by atoms with Gasteiger partial charge in [0.2, 0.25) is 0 Å². The molecule has 0 nitrogen and oxygen atoms in total. The molecule has 0 atom stereocenters. The first-order valence-electron chi connectivity index (χ1n) is 15.1. The van der Waals surface area contributed by atoms with Crippen LogP contribution in [0.2, 0.25) is 0 Å². The van der Waals surface area contributed by atoms with E-state index in [1.54, 1.807) is 0 Å². The molecule has 0 aliphatic carbocycles. The van der Waals surface area contributed by atoms with Crippen LogP contribution in [0.3, 0.4) is 0 Å². The van der Waals surface area contributed by atoms with E-state index in [1.807, 2.05) is 11.3 Å². The number of aryl methyl sites for hydroxylation is 2. The van der Waals surface area contributed by atoms with E-state index < -0.39 is 0 Å². The molecule has 0 N–H and O–H groups in total. The van der Waals surface area contributed by atoms with Crippen molar-refractivity contribution in [2.45, 2.75) is 104 Å². The van der Waals surface area contributed by atoms with Gasteiger partial charge in [-0.2, -0.15) is 0 Å². The second-order valence-electron chi connectivity index (χ2n) is 11.1. The molecule has 0 aliphatic heterocycles. The first-order valence-corrected chi connectivity index (χ1v) is 15.9. The summed E-state index contributed by atoms with van der Waals surface area (Å²) in [5, 5.41) is 8.45. The van der Waals surface area contributed by atoms with Crippen molar-refractivity contribution in [3.05, 3.63) is 71.8 Å². The van der Waals surface area contributed by atoms with Gasteiger partial charge in [0.15, 0.2) is 0 Å². The lowest BCUT2D eigenvalue weighted by molar-refractivity contribution is 0.607. The number of rotatable bonds is 14. The largest absolute Gasteiger partial charge is 0.134 e. The number of unbranched alkanes of at least 4 members (excludes halogenated alkanes) is 10. The van der Waals surface area contributed by atoms with Gasteiger partial charge in [0.05, 0.1) is 0 Å². The fraction of sp³-hybridized carbons (Fsp3) is 0.444. The van der Waals surface area contributed by atoms with E-state index in [0.29, 0.717) is 0 Å². The summed E-state index contributed by atoms with van der Waals surface area (Å²) in [6.45, 7) is 4.58. The summed E-state index contributed by atoms with van der Waals surface area (Å²) in [5.41, 5.74) is 2.98. The minimum atomic E-state index is 1.21.